The number of thioether (sulfide) groups is 1. The first kappa shape index (κ1) is 15.6. The number of carbonyl (C=O) groups excluding carboxylic acids is 1. The third kappa shape index (κ3) is 11.7. The minimum atomic E-state index is -0.798. The molecule has 0 radical (unpaired) electrons. The fraction of sp³-hybridized carbons (Fsp3) is 0.909. The second kappa shape index (κ2) is 11.1. The van der Waals surface area contributed by atoms with Crippen LogP contribution in [0.4, 0.5) is 4.79 Å². The zero-order valence-corrected chi connectivity index (χ0v) is 10.9. The number of ether oxygens (including phenoxy) is 1. The van der Waals surface area contributed by atoms with E-state index in [0.717, 1.165) is 5.75 Å². The number of rotatable bonds is 10. The van der Waals surface area contributed by atoms with E-state index in [0.29, 0.717) is 5.75 Å². The summed E-state index contributed by atoms with van der Waals surface area (Å²) in [6, 6.07) is 0. The van der Waals surface area contributed by atoms with Crippen molar-refractivity contribution in [2.75, 3.05) is 11.5 Å². The van der Waals surface area contributed by atoms with E-state index < -0.39 is 12.3 Å². The smallest absolute Gasteiger partial charge is 0.406 e. The first-order chi connectivity index (χ1) is 7.66. The van der Waals surface area contributed by atoms with Crippen LogP contribution in [0.2, 0.25) is 0 Å². The Morgan fingerprint density at radius 3 is 2.50 bits per heavy atom. The quantitative estimate of drug-likeness (QED) is 0.460. The summed E-state index contributed by atoms with van der Waals surface area (Å²) in [6.45, 7) is 2.22. The molecule has 1 unspecified atom stereocenters. The van der Waals surface area contributed by atoms with Gasteiger partial charge in [-0.1, -0.05) is 39.0 Å². The van der Waals surface area contributed by atoms with E-state index in [1.165, 1.54) is 38.5 Å². The zero-order chi connectivity index (χ0) is 12.2. The van der Waals surface area contributed by atoms with Crippen molar-refractivity contribution in [2.45, 2.75) is 51.7 Å². The van der Waals surface area contributed by atoms with Gasteiger partial charge in [0.1, 0.15) is 0 Å². The van der Waals surface area contributed by atoms with Gasteiger partial charge in [-0.2, -0.15) is 11.8 Å². The van der Waals surface area contributed by atoms with Crippen LogP contribution in [0.5, 0.6) is 0 Å². The summed E-state index contributed by atoms with van der Waals surface area (Å²) >= 11 is 1.71. The van der Waals surface area contributed by atoms with E-state index in [4.69, 9.17) is 11.5 Å². The molecule has 1 atom stereocenters. The maximum Gasteiger partial charge on any atom is 0.406 e. The highest BCUT2D eigenvalue weighted by Crippen LogP contribution is 2.10. The van der Waals surface area contributed by atoms with Crippen molar-refractivity contribution < 1.29 is 9.53 Å². The predicted molar refractivity (Wildman–Crippen MR) is 69.3 cm³/mol. The molecule has 0 aliphatic carbocycles. The summed E-state index contributed by atoms with van der Waals surface area (Å²) < 4.78 is 4.61. The highest BCUT2D eigenvalue weighted by atomic mass is 32.2. The number of amides is 1. The Morgan fingerprint density at radius 1 is 1.25 bits per heavy atom. The van der Waals surface area contributed by atoms with Gasteiger partial charge in [-0.25, -0.2) is 4.79 Å². The van der Waals surface area contributed by atoms with Gasteiger partial charge in [0.15, 0.2) is 6.23 Å². The number of nitrogens with two attached hydrogens (primary N) is 2. The van der Waals surface area contributed by atoms with E-state index >= 15 is 0 Å². The number of hydrogen-bond donors (Lipinski definition) is 2. The topological polar surface area (TPSA) is 78.3 Å². The molecule has 4 nitrogen and oxygen atoms in total. The molecule has 0 aliphatic rings. The second-order valence-electron chi connectivity index (χ2n) is 3.82. The van der Waals surface area contributed by atoms with Crippen LogP contribution in [0, 0.1) is 0 Å². The number of hydrogen-bond acceptors (Lipinski definition) is 4. The molecule has 4 N–H and O–H groups in total. The molecule has 5 heteroatoms. The maximum atomic E-state index is 10.4. The molecule has 0 aromatic heterocycles. The van der Waals surface area contributed by atoms with Gasteiger partial charge in [-0.3, -0.25) is 5.73 Å². The molecule has 0 aliphatic heterocycles. The Hall–Kier alpha value is -0.420. The lowest BCUT2D eigenvalue weighted by Gasteiger charge is -2.10. The largest absolute Gasteiger partial charge is 0.430 e. The first-order valence-electron chi connectivity index (χ1n) is 5.96. The molecule has 0 spiro atoms. The van der Waals surface area contributed by atoms with E-state index in [1.807, 2.05) is 0 Å². The van der Waals surface area contributed by atoms with Crippen LogP contribution in [0.1, 0.15) is 45.4 Å². The minimum absolute atomic E-state index is 0.567. The van der Waals surface area contributed by atoms with Crippen molar-refractivity contribution in [1.29, 1.82) is 0 Å². The van der Waals surface area contributed by atoms with Crippen molar-refractivity contribution in [3.63, 3.8) is 0 Å². The molecule has 96 valence electrons. The third-order valence-electron chi connectivity index (χ3n) is 2.19. The molecule has 0 aromatic carbocycles. The van der Waals surface area contributed by atoms with Gasteiger partial charge in [0.2, 0.25) is 0 Å². The fourth-order valence-corrected chi connectivity index (χ4v) is 2.24. The lowest BCUT2D eigenvalue weighted by atomic mass is 10.1. The van der Waals surface area contributed by atoms with Gasteiger partial charge in [0.25, 0.3) is 0 Å². The van der Waals surface area contributed by atoms with Crippen LogP contribution in [0.3, 0.4) is 0 Å². The minimum Gasteiger partial charge on any atom is -0.430 e. The van der Waals surface area contributed by atoms with Gasteiger partial charge in [0, 0.05) is 5.75 Å². The molecular formula is C11H24N2O2S. The highest BCUT2D eigenvalue weighted by molar-refractivity contribution is 7.99. The van der Waals surface area contributed by atoms with Crippen LogP contribution >= 0.6 is 11.8 Å². The van der Waals surface area contributed by atoms with Crippen molar-refractivity contribution in [3.8, 4) is 0 Å². The second-order valence-corrected chi connectivity index (χ2v) is 4.97. The van der Waals surface area contributed by atoms with Gasteiger partial charge >= 0.3 is 6.09 Å². The predicted octanol–water partition coefficient (Wildman–Crippen LogP) is 2.46. The summed E-state index contributed by atoms with van der Waals surface area (Å²) in [6.07, 6.45) is 6.40. The van der Waals surface area contributed by atoms with E-state index in [-0.39, 0.29) is 0 Å². The molecule has 0 aromatic rings. The Balaban J connectivity index is 3.11. The Bertz CT molecular complexity index is 179. The molecule has 0 saturated carbocycles. The van der Waals surface area contributed by atoms with Crippen LogP contribution in [-0.4, -0.2) is 23.8 Å². The Kier molecular flexibility index (Phi) is 10.8. The summed E-state index contributed by atoms with van der Waals surface area (Å²) in [5.41, 5.74) is 10.4. The molecule has 0 fully saturated rings. The van der Waals surface area contributed by atoms with E-state index in [9.17, 15) is 4.79 Å². The normalized spacial score (nSPS) is 12.4. The molecule has 1 amide bonds. The van der Waals surface area contributed by atoms with Crippen LogP contribution < -0.4 is 11.5 Å². The summed E-state index contributed by atoms with van der Waals surface area (Å²) in [7, 11) is 0. The molecule has 0 saturated heterocycles. The summed E-state index contributed by atoms with van der Waals surface area (Å²) in [5.74, 6) is 1.69. The van der Waals surface area contributed by atoms with Crippen molar-refractivity contribution in [2.24, 2.45) is 11.5 Å². The van der Waals surface area contributed by atoms with Crippen molar-refractivity contribution in [3.05, 3.63) is 0 Å². The average Bonchev–Trinajstić information content (AvgIpc) is 2.21. The van der Waals surface area contributed by atoms with Crippen LogP contribution in [0.25, 0.3) is 0 Å². The Morgan fingerprint density at radius 2 is 1.88 bits per heavy atom. The van der Waals surface area contributed by atoms with Gasteiger partial charge < -0.3 is 10.5 Å². The first-order valence-corrected chi connectivity index (χ1v) is 7.11. The number of unbranched alkanes of at least 4 members (excludes halogenated alkanes) is 5. The molecular weight excluding hydrogens is 224 g/mol. The number of carbonyl (C=O) groups is 1. The molecule has 0 rings (SSSR count). The lowest BCUT2D eigenvalue weighted by molar-refractivity contribution is 0.122. The van der Waals surface area contributed by atoms with Gasteiger partial charge in [-0.15, -0.1) is 0 Å². The maximum absolute atomic E-state index is 10.4. The van der Waals surface area contributed by atoms with E-state index in [2.05, 4.69) is 11.7 Å². The van der Waals surface area contributed by atoms with Crippen molar-refractivity contribution >= 4 is 17.9 Å². The van der Waals surface area contributed by atoms with Gasteiger partial charge in [-0.05, 0) is 12.2 Å². The lowest BCUT2D eigenvalue weighted by Crippen LogP contribution is -2.32. The standard InChI is InChI=1S/C11H24N2O2S/c1-2-3-4-5-6-7-8-16-9-10(12)15-11(13)14/h10H,2-9,12H2,1H3,(H2,13,14). The highest BCUT2D eigenvalue weighted by Gasteiger charge is 2.05. The average molecular weight is 248 g/mol. The number of primary amides is 1. The van der Waals surface area contributed by atoms with Crippen LogP contribution in [0.15, 0.2) is 0 Å². The third-order valence-corrected chi connectivity index (χ3v) is 3.33. The molecule has 0 bridgehead atoms. The fourth-order valence-electron chi connectivity index (χ4n) is 1.37. The zero-order valence-electron chi connectivity index (χ0n) is 10.1. The molecule has 0 heterocycles. The summed E-state index contributed by atoms with van der Waals surface area (Å²) in [5, 5.41) is 0. The van der Waals surface area contributed by atoms with E-state index in [1.54, 1.807) is 11.8 Å². The van der Waals surface area contributed by atoms with Gasteiger partial charge in [0.05, 0.1) is 0 Å². The van der Waals surface area contributed by atoms with Crippen molar-refractivity contribution in [1.82, 2.24) is 0 Å². The van der Waals surface area contributed by atoms with Crippen LogP contribution in [-0.2, 0) is 4.74 Å². The monoisotopic (exact) mass is 248 g/mol. The summed E-state index contributed by atoms with van der Waals surface area (Å²) in [4.78, 5) is 10.4. The Labute approximate surface area is 102 Å². The molecule has 16 heavy (non-hydrogen) atoms. The SMILES string of the molecule is CCCCCCCCSCC(N)OC(N)=O.